The molecule has 0 radical (unpaired) electrons. The van der Waals surface area contributed by atoms with Crippen molar-refractivity contribution >= 4 is 5.91 Å². The highest BCUT2D eigenvalue weighted by molar-refractivity contribution is 5.82. The van der Waals surface area contributed by atoms with Crippen LogP contribution in [-0.4, -0.2) is 38.3 Å². The molecule has 1 aliphatic carbocycles. The maximum absolute atomic E-state index is 11.9. The second kappa shape index (κ2) is 6.90. The molecule has 0 saturated carbocycles. The predicted octanol–water partition coefficient (Wildman–Crippen LogP) is 1.37. The van der Waals surface area contributed by atoms with Crippen LogP contribution in [0.4, 0.5) is 0 Å². The monoisotopic (exact) mass is 252 g/mol. The summed E-state index contributed by atoms with van der Waals surface area (Å²) in [7, 11) is 1.70. The molecular formula is C14H24N2O2. The van der Waals surface area contributed by atoms with Crippen molar-refractivity contribution in [2.24, 2.45) is 0 Å². The molecule has 2 unspecified atom stereocenters. The van der Waals surface area contributed by atoms with E-state index in [1.165, 1.54) is 31.3 Å². The fourth-order valence-corrected chi connectivity index (χ4v) is 2.68. The summed E-state index contributed by atoms with van der Waals surface area (Å²) in [5, 5.41) is 6.21. The molecule has 1 heterocycles. The maximum atomic E-state index is 11.9. The molecule has 2 aliphatic rings. The third-order valence-corrected chi connectivity index (χ3v) is 3.87. The van der Waals surface area contributed by atoms with E-state index in [4.69, 9.17) is 4.74 Å². The van der Waals surface area contributed by atoms with Gasteiger partial charge < -0.3 is 15.4 Å². The summed E-state index contributed by atoms with van der Waals surface area (Å²) >= 11 is 0. The van der Waals surface area contributed by atoms with Crippen LogP contribution in [0, 0.1) is 0 Å². The van der Waals surface area contributed by atoms with Gasteiger partial charge in [-0.15, -0.1) is 0 Å². The average Bonchev–Trinajstić information content (AvgIpc) is 2.89. The van der Waals surface area contributed by atoms with E-state index in [0.29, 0.717) is 0 Å². The standard InChI is InChI=1S/C14H24N2O2/c1-18-12-9-13(16-10-12)14(17)15-8-7-11-5-3-2-4-6-11/h5,12-13,16H,2-4,6-10H2,1H3,(H,15,17). The molecule has 0 bridgehead atoms. The second-order valence-electron chi connectivity index (χ2n) is 5.20. The highest BCUT2D eigenvalue weighted by Crippen LogP contribution is 2.19. The van der Waals surface area contributed by atoms with Crippen LogP contribution in [0.3, 0.4) is 0 Å². The van der Waals surface area contributed by atoms with E-state index < -0.39 is 0 Å². The van der Waals surface area contributed by atoms with E-state index >= 15 is 0 Å². The number of methoxy groups -OCH3 is 1. The molecule has 0 aromatic carbocycles. The first-order valence-electron chi connectivity index (χ1n) is 7.01. The zero-order valence-corrected chi connectivity index (χ0v) is 11.2. The number of nitrogens with one attached hydrogen (secondary N) is 2. The Kier molecular flexibility index (Phi) is 5.20. The molecule has 1 saturated heterocycles. The minimum Gasteiger partial charge on any atom is -0.380 e. The minimum atomic E-state index is -0.0738. The Balaban J connectivity index is 1.64. The molecule has 2 N–H and O–H groups in total. The van der Waals surface area contributed by atoms with Crippen molar-refractivity contribution < 1.29 is 9.53 Å². The van der Waals surface area contributed by atoms with Crippen molar-refractivity contribution in [1.29, 1.82) is 0 Å². The van der Waals surface area contributed by atoms with Gasteiger partial charge in [0.1, 0.15) is 0 Å². The number of hydrogen-bond donors (Lipinski definition) is 2. The van der Waals surface area contributed by atoms with Crippen LogP contribution in [0.2, 0.25) is 0 Å². The molecule has 0 spiro atoms. The Labute approximate surface area is 109 Å². The van der Waals surface area contributed by atoms with Gasteiger partial charge in [-0.3, -0.25) is 4.79 Å². The SMILES string of the molecule is COC1CNC(C(=O)NCCC2=CCCCC2)C1. The van der Waals surface area contributed by atoms with E-state index in [9.17, 15) is 4.79 Å². The first-order chi connectivity index (χ1) is 8.79. The quantitative estimate of drug-likeness (QED) is 0.727. The zero-order chi connectivity index (χ0) is 12.8. The summed E-state index contributed by atoms with van der Waals surface area (Å²) in [6, 6.07) is -0.0738. The fraction of sp³-hybridized carbons (Fsp3) is 0.786. The average molecular weight is 252 g/mol. The number of carbonyl (C=O) groups excluding carboxylic acids is 1. The van der Waals surface area contributed by atoms with Crippen molar-refractivity contribution in [2.75, 3.05) is 20.2 Å². The van der Waals surface area contributed by atoms with Crippen molar-refractivity contribution in [3.8, 4) is 0 Å². The summed E-state index contributed by atoms with van der Waals surface area (Å²) in [6.45, 7) is 1.54. The molecule has 18 heavy (non-hydrogen) atoms. The van der Waals surface area contributed by atoms with Crippen molar-refractivity contribution in [3.05, 3.63) is 11.6 Å². The molecule has 0 aromatic rings. The van der Waals surface area contributed by atoms with Crippen LogP contribution in [0.1, 0.15) is 38.5 Å². The molecular weight excluding hydrogens is 228 g/mol. The largest absolute Gasteiger partial charge is 0.380 e. The van der Waals surface area contributed by atoms with Crippen molar-refractivity contribution in [3.63, 3.8) is 0 Å². The number of hydrogen-bond acceptors (Lipinski definition) is 3. The summed E-state index contributed by atoms with van der Waals surface area (Å²) < 4.78 is 5.24. The van der Waals surface area contributed by atoms with Gasteiger partial charge in [0.2, 0.25) is 5.91 Å². The first kappa shape index (κ1) is 13.6. The molecule has 4 heteroatoms. The lowest BCUT2D eigenvalue weighted by Gasteiger charge is -2.14. The van der Waals surface area contributed by atoms with Gasteiger partial charge in [0.15, 0.2) is 0 Å². The predicted molar refractivity (Wildman–Crippen MR) is 71.4 cm³/mol. The molecule has 2 atom stereocenters. The molecule has 102 valence electrons. The van der Waals surface area contributed by atoms with Crippen LogP contribution in [0.25, 0.3) is 0 Å². The number of amides is 1. The van der Waals surface area contributed by atoms with Gasteiger partial charge in [-0.25, -0.2) is 0 Å². The normalized spacial score (nSPS) is 27.9. The molecule has 4 nitrogen and oxygen atoms in total. The van der Waals surface area contributed by atoms with Gasteiger partial charge in [0.25, 0.3) is 0 Å². The Hall–Kier alpha value is -0.870. The van der Waals surface area contributed by atoms with Crippen LogP contribution in [-0.2, 0) is 9.53 Å². The molecule has 1 aliphatic heterocycles. The molecule has 1 fully saturated rings. The van der Waals surface area contributed by atoms with Crippen molar-refractivity contribution in [2.45, 2.75) is 50.7 Å². The van der Waals surface area contributed by atoms with Crippen LogP contribution >= 0.6 is 0 Å². The summed E-state index contributed by atoms with van der Waals surface area (Å²) in [4.78, 5) is 11.9. The number of allylic oxidation sites excluding steroid dienone is 1. The summed E-state index contributed by atoms with van der Waals surface area (Å²) in [5.41, 5.74) is 1.51. The number of carbonyl (C=O) groups is 1. The topological polar surface area (TPSA) is 50.4 Å². The fourth-order valence-electron chi connectivity index (χ4n) is 2.68. The third-order valence-electron chi connectivity index (χ3n) is 3.87. The molecule has 1 amide bonds. The summed E-state index contributed by atoms with van der Waals surface area (Å²) in [5.74, 6) is 0.117. The first-order valence-corrected chi connectivity index (χ1v) is 7.01. The van der Waals surface area contributed by atoms with E-state index in [0.717, 1.165) is 25.9 Å². The number of rotatable bonds is 5. The molecule has 0 aromatic heterocycles. The maximum Gasteiger partial charge on any atom is 0.237 e. The minimum absolute atomic E-state index is 0.0738. The summed E-state index contributed by atoms with van der Waals surface area (Å²) in [6.07, 6.45) is 9.36. The van der Waals surface area contributed by atoms with Crippen LogP contribution in [0.15, 0.2) is 11.6 Å². The van der Waals surface area contributed by atoms with Gasteiger partial charge in [0, 0.05) is 20.2 Å². The smallest absolute Gasteiger partial charge is 0.237 e. The van der Waals surface area contributed by atoms with Crippen LogP contribution < -0.4 is 10.6 Å². The van der Waals surface area contributed by atoms with Gasteiger partial charge in [-0.1, -0.05) is 11.6 Å². The van der Waals surface area contributed by atoms with E-state index in [2.05, 4.69) is 16.7 Å². The Bertz CT molecular complexity index is 315. The second-order valence-corrected chi connectivity index (χ2v) is 5.20. The van der Waals surface area contributed by atoms with Gasteiger partial charge in [-0.2, -0.15) is 0 Å². The lowest BCUT2D eigenvalue weighted by Crippen LogP contribution is -2.40. The highest BCUT2D eigenvalue weighted by atomic mass is 16.5. The third kappa shape index (κ3) is 3.82. The van der Waals surface area contributed by atoms with E-state index in [1.807, 2.05) is 0 Å². The highest BCUT2D eigenvalue weighted by Gasteiger charge is 2.28. The molecule has 2 rings (SSSR count). The van der Waals surface area contributed by atoms with Gasteiger partial charge in [0.05, 0.1) is 12.1 Å². The Morgan fingerprint density at radius 2 is 2.44 bits per heavy atom. The zero-order valence-electron chi connectivity index (χ0n) is 11.2. The van der Waals surface area contributed by atoms with Gasteiger partial charge in [-0.05, 0) is 38.5 Å². The number of ether oxygens (including phenoxy) is 1. The lowest BCUT2D eigenvalue weighted by molar-refractivity contribution is -0.122. The van der Waals surface area contributed by atoms with Gasteiger partial charge >= 0.3 is 0 Å². The lowest BCUT2D eigenvalue weighted by atomic mass is 9.97. The van der Waals surface area contributed by atoms with Crippen LogP contribution in [0.5, 0.6) is 0 Å². The van der Waals surface area contributed by atoms with Crippen molar-refractivity contribution in [1.82, 2.24) is 10.6 Å². The Morgan fingerprint density at radius 1 is 1.56 bits per heavy atom. The van der Waals surface area contributed by atoms with E-state index in [-0.39, 0.29) is 18.1 Å². The Morgan fingerprint density at radius 3 is 3.11 bits per heavy atom. The van der Waals surface area contributed by atoms with E-state index in [1.54, 1.807) is 7.11 Å².